The molecule has 0 radical (unpaired) electrons. The van der Waals surface area contributed by atoms with Crippen LogP contribution in [0.15, 0.2) is 53.9 Å². The van der Waals surface area contributed by atoms with Crippen LogP contribution in [0, 0.1) is 12.7 Å². The minimum Gasteiger partial charge on any atom is -0.334 e. The van der Waals surface area contributed by atoms with Crippen LogP contribution >= 0.6 is 11.3 Å². The average Bonchev–Trinajstić information content (AvgIpc) is 3.17. The lowest BCUT2D eigenvalue weighted by atomic mass is 10.0. The van der Waals surface area contributed by atoms with E-state index < -0.39 is 5.82 Å². The molecule has 28 heavy (non-hydrogen) atoms. The quantitative estimate of drug-likeness (QED) is 0.703. The molecule has 142 valence electrons. The monoisotopic (exact) mass is 394 g/mol. The normalized spacial score (nSPS) is 13.1. The van der Waals surface area contributed by atoms with Crippen LogP contribution in [0.1, 0.15) is 36.7 Å². The Balaban J connectivity index is 1.54. The largest absolute Gasteiger partial charge is 0.334 e. The zero-order chi connectivity index (χ0) is 19.7. The van der Waals surface area contributed by atoms with Gasteiger partial charge in [-0.15, -0.1) is 11.3 Å². The first-order valence-corrected chi connectivity index (χ1v) is 9.92. The molecule has 2 aromatic carbocycles. The van der Waals surface area contributed by atoms with Gasteiger partial charge in [0.15, 0.2) is 0 Å². The zero-order valence-corrected chi connectivity index (χ0v) is 16.2. The number of hydrogen-bond acceptors (Lipinski definition) is 3. The van der Waals surface area contributed by atoms with E-state index in [1.54, 1.807) is 29.5 Å². The summed E-state index contributed by atoms with van der Waals surface area (Å²) in [5.41, 5.74) is 3.45. The van der Waals surface area contributed by atoms with Gasteiger partial charge in [0.05, 0.1) is 0 Å². The van der Waals surface area contributed by atoms with Gasteiger partial charge in [-0.1, -0.05) is 6.07 Å². The van der Waals surface area contributed by atoms with Crippen LogP contribution in [0.4, 0.5) is 10.1 Å². The first-order chi connectivity index (χ1) is 13.5. The summed E-state index contributed by atoms with van der Waals surface area (Å²) in [6.07, 6.45) is 0.874. The predicted molar refractivity (Wildman–Crippen MR) is 108 cm³/mol. The third kappa shape index (κ3) is 3.55. The lowest BCUT2D eigenvalue weighted by Gasteiger charge is -2.28. The molecule has 6 heteroatoms. The molecule has 3 aromatic rings. The Labute approximate surface area is 166 Å². The fraction of sp³-hybridized carbons (Fsp3) is 0.182. The number of hydrogen-bond donors (Lipinski definition) is 1. The SMILES string of the molecule is Cc1c(NC(=O)c2ccc(F)cc2)cccc1C(=O)N1CCc2sccc2C1. The van der Waals surface area contributed by atoms with Gasteiger partial charge >= 0.3 is 0 Å². The number of nitrogens with zero attached hydrogens (tertiary/aromatic N) is 1. The molecule has 2 amide bonds. The Morgan fingerprint density at radius 3 is 2.68 bits per heavy atom. The Hall–Kier alpha value is -2.99. The van der Waals surface area contributed by atoms with Crippen molar-refractivity contribution in [1.82, 2.24) is 4.90 Å². The third-order valence-electron chi connectivity index (χ3n) is 5.01. The molecule has 0 spiro atoms. The van der Waals surface area contributed by atoms with Crippen molar-refractivity contribution in [3.63, 3.8) is 0 Å². The van der Waals surface area contributed by atoms with E-state index in [1.807, 2.05) is 11.8 Å². The maximum Gasteiger partial charge on any atom is 0.255 e. The Bertz CT molecular complexity index is 1040. The van der Waals surface area contributed by atoms with Gasteiger partial charge in [0, 0.05) is 34.8 Å². The molecule has 0 fully saturated rings. The van der Waals surface area contributed by atoms with E-state index in [0.29, 0.717) is 29.9 Å². The molecule has 4 rings (SSSR count). The second kappa shape index (κ2) is 7.56. The Kier molecular flexibility index (Phi) is 4.96. The van der Waals surface area contributed by atoms with E-state index in [1.165, 1.54) is 34.7 Å². The van der Waals surface area contributed by atoms with E-state index in [0.717, 1.165) is 12.0 Å². The maximum absolute atomic E-state index is 13.1. The molecule has 2 heterocycles. The average molecular weight is 394 g/mol. The second-order valence-electron chi connectivity index (χ2n) is 6.78. The first-order valence-electron chi connectivity index (χ1n) is 9.04. The summed E-state index contributed by atoms with van der Waals surface area (Å²) in [5, 5.41) is 4.89. The number of thiophene rings is 1. The summed E-state index contributed by atoms with van der Waals surface area (Å²) >= 11 is 1.74. The van der Waals surface area contributed by atoms with Gasteiger partial charge in [0.2, 0.25) is 0 Å². The number of benzene rings is 2. The van der Waals surface area contributed by atoms with E-state index >= 15 is 0 Å². The molecule has 0 unspecified atom stereocenters. The molecular formula is C22H19FN2O2S. The van der Waals surface area contributed by atoms with Crippen molar-refractivity contribution in [2.75, 3.05) is 11.9 Å². The number of halogens is 1. The molecule has 4 nitrogen and oxygen atoms in total. The fourth-order valence-electron chi connectivity index (χ4n) is 3.39. The van der Waals surface area contributed by atoms with Gasteiger partial charge in [-0.05, 0) is 72.3 Å². The van der Waals surface area contributed by atoms with Crippen molar-refractivity contribution < 1.29 is 14.0 Å². The van der Waals surface area contributed by atoms with Gasteiger partial charge in [0.1, 0.15) is 5.82 Å². The predicted octanol–water partition coefficient (Wildman–Crippen LogP) is 4.65. The summed E-state index contributed by atoms with van der Waals surface area (Å²) in [6.45, 7) is 3.13. The summed E-state index contributed by atoms with van der Waals surface area (Å²) in [6, 6.07) is 12.7. The molecule has 0 aliphatic carbocycles. The Morgan fingerprint density at radius 2 is 1.89 bits per heavy atom. The number of rotatable bonds is 3. The topological polar surface area (TPSA) is 49.4 Å². The lowest BCUT2D eigenvalue weighted by molar-refractivity contribution is 0.0735. The molecular weight excluding hydrogens is 375 g/mol. The van der Waals surface area contributed by atoms with Gasteiger partial charge in [-0.25, -0.2) is 4.39 Å². The van der Waals surface area contributed by atoms with Crippen molar-refractivity contribution in [3.05, 3.63) is 86.9 Å². The van der Waals surface area contributed by atoms with Gasteiger partial charge in [-0.2, -0.15) is 0 Å². The van der Waals surface area contributed by atoms with Gasteiger partial charge in [-0.3, -0.25) is 9.59 Å². The lowest BCUT2D eigenvalue weighted by Crippen LogP contribution is -2.35. The molecule has 0 saturated heterocycles. The zero-order valence-electron chi connectivity index (χ0n) is 15.4. The van der Waals surface area contributed by atoms with E-state index in [2.05, 4.69) is 16.8 Å². The van der Waals surface area contributed by atoms with E-state index in [9.17, 15) is 14.0 Å². The highest BCUT2D eigenvalue weighted by atomic mass is 32.1. The number of anilines is 1. The fourth-order valence-corrected chi connectivity index (χ4v) is 4.28. The summed E-state index contributed by atoms with van der Waals surface area (Å²) in [7, 11) is 0. The third-order valence-corrected chi connectivity index (χ3v) is 6.04. The minimum atomic E-state index is -0.393. The van der Waals surface area contributed by atoms with E-state index in [4.69, 9.17) is 0 Å². The number of amides is 2. The van der Waals surface area contributed by atoms with Gasteiger partial charge < -0.3 is 10.2 Å². The highest BCUT2D eigenvalue weighted by Crippen LogP contribution is 2.27. The van der Waals surface area contributed by atoms with Crippen LogP contribution < -0.4 is 5.32 Å². The maximum atomic E-state index is 13.1. The van der Waals surface area contributed by atoms with Gasteiger partial charge in [0.25, 0.3) is 11.8 Å². The number of nitrogens with one attached hydrogen (secondary N) is 1. The van der Waals surface area contributed by atoms with Crippen molar-refractivity contribution >= 4 is 28.8 Å². The number of carbonyl (C=O) groups is 2. The molecule has 0 atom stereocenters. The van der Waals surface area contributed by atoms with Crippen LogP contribution in [0.25, 0.3) is 0 Å². The number of fused-ring (bicyclic) bond motifs is 1. The van der Waals surface area contributed by atoms with Crippen LogP contribution in [0.2, 0.25) is 0 Å². The van der Waals surface area contributed by atoms with Crippen molar-refractivity contribution in [3.8, 4) is 0 Å². The second-order valence-corrected chi connectivity index (χ2v) is 7.79. The molecule has 1 aliphatic rings. The standard InChI is InChI=1S/C22H19FN2O2S/c1-14-18(22(27)25-11-9-20-16(13-25)10-12-28-20)3-2-4-19(14)24-21(26)15-5-7-17(23)8-6-15/h2-8,10,12H,9,11,13H2,1H3,(H,24,26). The highest BCUT2D eigenvalue weighted by Gasteiger charge is 2.24. The molecule has 1 aliphatic heterocycles. The van der Waals surface area contributed by atoms with Crippen LogP contribution in [0.5, 0.6) is 0 Å². The smallest absolute Gasteiger partial charge is 0.255 e. The first kappa shape index (κ1) is 18.4. The van der Waals surface area contributed by atoms with E-state index in [-0.39, 0.29) is 11.8 Å². The summed E-state index contributed by atoms with van der Waals surface area (Å²) in [4.78, 5) is 28.7. The molecule has 0 saturated carbocycles. The van der Waals surface area contributed by atoms with Crippen LogP contribution in [0.3, 0.4) is 0 Å². The summed E-state index contributed by atoms with van der Waals surface area (Å²) in [5.74, 6) is -0.767. The van der Waals surface area contributed by atoms with Crippen molar-refractivity contribution in [1.29, 1.82) is 0 Å². The van der Waals surface area contributed by atoms with Crippen molar-refractivity contribution in [2.24, 2.45) is 0 Å². The summed E-state index contributed by atoms with van der Waals surface area (Å²) < 4.78 is 13.1. The van der Waals surface area contributed by atoms with Crippen molar-refractivity contribution in [2.45, 2.75) is 19.9 Å². The number of carbonyl (C=O) groups excluding carboxylic acids is 2. The molecule has 0 bridgehead atoms. The van der Waals surface area contributed by atoms with Crippen LogP contribution in [-0.2, 0) is 13.0 Å². The molecule has 1 N–H and O–H groups in total. The Morgan fingerprint density at radius 1 is 1.11 bits per heavy atom. The minimum absolute atomic E-state index is 0.0350. The highest BCUT2D eigenvalue weighted by molar-refractivity contribution is 7.10. The van der Waals surface area contributed by atoms with Crippen LogP contribution in [-0.4, -0.2) is 23.3 Å². The molecule has 1 aromatic heterocycles.